The lowest BCUT2D eigenvalue weighted by Gasteiger charge is -2.31. The standard InChI is InChI=1S/C39H33N6O.C6H15N/c1-29(26-40)36(30-12-6-4-7-13-30)34(27-41)18-10-16-32-20-21-33(38(32)45-22-24-46-25-23-45)17-11-19-35(28-42)37(39(43-2)44-3)31-14-8-5-9-15-31;1-4-7(5-2)6-3/h4-19,26,29H,20-25H2,1H3;4-6H2,1-3H3/q-1;/b17-11+,18-10+,32-16?,35-19+,36-34+;. The molecule has 1 atom stereocenters. The molecular formula is C45H48N7O-. The number of nitriles is 2. The molecule has 2 aliphatic rings. The van der Waals surface area contributed by atoms with Crippen LogP contribution in [0.15, 0.2) is 131 Å². The number of benzene rings is 2. The SMILES string of the molecule is CCN(CC)CC.[C-]#[N+]C([N+]#[C-])=C(/C(C#N)=C/C=C/C1=C(N2CCOCC2)C(=C/C=C/C(C#N)=C(\c2ccccc2)C(C)C=[N-])CC1)c1ccccc1. The molecular weight excluding hydrogens is 655 g/mol. The van der Waals surface area contributed by atoms with Gasteiger partial charge in [-0.15, -0.1) is 0 Å². The fraction of sp³-hybridized carbons (Fsp3) is 0.311. The maximum absolute atomic E-state index is 10.1. The maximum Gasteiger partial charge on any atom is 0.528 e. The maximum atomic E-state index is 10.1. The number of nitrogens with zero attached hydrogens (tertiary/aromatic N) is 7. The first kappa shape index (κ1) is 41.4. The molecule has 1 fully saturated rings. The van der Waals surface area contributed by atoms with Crippen LogP contribution in [-0.4, -0.2) is 62.0 Å². The van der Waals surface area contributed by atoms with Crippen LogP contribution in [0.5, 0.6) is 0 Å². The molecule has 0 aromatic heterocycles. The highest BCUT2D eigenvalue weighted by molar-refractivity contribution is 5.88. The molecule has 2 aromatic rings. The van der Waals surface area contributed by atoms with Crippen molar-refractivity contribution in [3.05, 3.63) is 170 Å². The molecule has 4 rings (SSSR count). The van der Waals surface area contributed by atoms with E-state index in [1.54, 1.807) is 24.3 Å². The van der Waals surface area contributed by atoms with E-state index in [0.29, 0.717) is 29.9 Å². The predicted octanol–water partition coefficient (Wildman–Crippen LogP) is 9.66. The Bertz CT molecular complexity index is 1900. The second kappa shape index (κ2) is 22.7. The summed E-state index contributed by atoms with van der Waals surface area (Å²) in [6.07, 6.45) is 13.9. The summed E-state index contributed by atoms with van der Waals surface area (Å²) in [5.41, 5.74) is 6.68. The first-order chi connectivity index (χ1) is 25.9. The van der Waals surface area contributed by atoms with Gasteiger partial charge in [0.15, 0.2) is 0 Å². The molecule has 0 spiro atoms. The molecule has 0 saturated carbocycles. The average molecular weight is 703 g/mol. The van der Waals surface area contributed by atoms with E-state index in [4.69, 9.17) is 17.9 Å². The quantitative estimate of drug-likeness (QED) is 0.0897. The summed E-state index contributed by atoms with van der Waals surface area (Å²) >= 11 is 0. The van der Waals surface area contributed by atoms with Crippen LogP contribution in [0.3, 0.4) is 0 Å². The van der Waals surface area contributed by atoms with Crippen LogP contribution in [0.2, 0.25) is 0 Å². The van der Waals surface area contributed by atoms with Gasteiger partial charge in [-0.25, -0.2) is 6.21 Å². The zero-order chi connectivity index (χ0) is 38.4. The summed E-state index contributed by atoms with van der Waals surface area (Å²) in [7, 11) is 0. The highest BCUT2D eigenvalue weighted by atomic mass is 16.5. The highest BCUT2D eigenvalue weighted by Crippen LogP contribution is 2.36. The van der Waals surface area contributed by atoms with E-state index in [0.717, 1.165) is 60.1 Å². The molecule has 0 radical (unpaired) electrons. The molecule has 1 aliphatic carbocycles. The van der Waals surface area contributed by atoms with Gasteiger partial charge in [-0.1, -0.05) is 113 Å². The van der Waals surface area contributed by atoms with Crippen LogP contribution in [0, 0.1) is 41.7 Å². The third-order valence-electron chi connectivity index (χ3n) is 9.12. The number of hydrogen-bond donors (Lipinski definition) is 0. The summed E-state index contributed by atoms with van der Waals surface area (Å²) in [5.74, 6) is -0.475. The van der Waals surface area contributed by atoms with Crippen molar-refractivity contribution in [2.45, 2.75) is 40.5 Å². The Morgan fingerprint density at radius 3 is 2.02 bits per heavy atom. The van der Waals surface area contributed by atoms with E-state index in [-0.39, 0.29) is 17.3 Å². The van der Waals surface area contributed by atoms with Gasteiger partial charge < -0.3 is 19.9 Å². The summed E-state index contributed by atoms with van der Waals surface area (Å²) in [6, 6.07) is 23.2. The van der Waals surface area contributed by atoms with E-state index < -0.39 is 0 Å². The van der Waals surface area contributed by atoms with E-state index in [1.807, 2.05) is 79.8 Å². The Kier molecular flexibility index (Phi) is 17.7. The monoisotopic (exact) mass is 702 g/mol. The second-order valence-electron chi connectivity index (χ2n) is 12.2. The van der Waals surface area contributed by atoms with Crippen molar-refractivity contribution in [1.29, 1.82) is 10.5 Å². The number of ether oxygens (including phenoxy) is 1. The first-order valence-electron chi connectivity index (χ1n) is 18.1. The third-order valence-corrected chi connectivity index (χ3v) is 9.12. The molecule has 8 heteroatoms. The Balaban J connectivity index is 0.000000980. The van der Waals surface area contributed by atoms with Gasteiger partial charge in [-0.05, 0) is 78.4 Å². The number of hydrogen-bond acceptors (Lipinski definition) is 5. The van der Waals surface area contributed by atoms with Crippen molar-refractivity contribution in [2.75, 3.05) is 45.9 Å². The van der Waals surface area contributed by atoms with Crippen molar-refractivity contribution in [3.8, 4) is 12.1 Å². The molecule has 0 bridgehead atoms. The Hall–Kier alpha value is -6.03. The first-order valence-corrected chi connectivity index (χ1v) is 18.1. The van der Waals surface area contributed by atoms with Crippen LogP contribution in [-0.2, 0) is 4.74 Å². The van der Waals surface area contributed by atoms with Gasteiger partial charge in [0.05, 0.1) is 42.1 Å². The van der Waals surface area contributed by atoms with E-state index in [9.17, 15) is 15.9 Å². The largest absolute Gasteiger partial charge is 0.814 e. The number of allylic oxidation sites excluding steroid dienone is 12. The summed E-state index contributed by atoms with van der Waals surface area (Å²) in [5, 5.41) is 29.9. The molecule has 1 unspecified atom stereocenters. The molecule has 1 aliphatic heterocycles. The highest BCUT2D eigenvalue weighted by Gasteiger charge is 2.25. The summed E-state index contributed by atoms with van der Waals surface area (Å²) < 4.78 is 5.62. The average Bonchev–Trinajstić information content (AvgIpc) is 3.62. The van der Waals surface area contributed by atoms with E-state index >= 15 is 0 Å². The molecule has 0 N–H and O–H groups in total. The van der Waals surface area contributed by atoms with Crippen LogP contribution < -0.4 is 0 Å². The van der Waals surface area contributed by atoms with Gasteiger partial charge in [0, 0.05) is 18.8 Å². The normalized spacial score (nSPS) is 16.3. The molecule has 53 heavy (non-hydrogen) atoms. The molecule has 270 valence electrons. The van der Waals surface area contributed by atoms with Crippen LogP contribution in [0.4, 0.5) is 0 Å². The van der Waals surface area contributed by atoms with Crippen LogP contribution >= 0.6 is 0 Å². The van der Waals surface area contributed by atoms with Crippen LogP contribution in [0.1, 0.15) is 51.7 Å². The summed E-state index contributed by atoms with van der Waals surface area (Å²) in [4.78, 5) is 11.5. The Labute approximate surface area is 316 Å². The lowest BCUT2D eigenvalue weighted by atomic mass is 9.90. The molecule has 2 aromatic carbocycles. The second-order valence-corrected chi connectivity index (χ2v) is 12.2. The van der Waals surface area contributed by atoms with Crippen molar-refractivity contribution >= 4 is 17.4 Å². The van der Waals surface area contributed by atoms with Crippen molar-refractivity contribution in [2.24, 2.45) is 5.92 Å². The van der Waals surface area contributed by atoms with E-state index in [2.05, 4.69) is 52.4 Å². The van der Waals surface area contributed by atoms with Crippen molar-refractivity contribution in [1.82, 2.24) is 9.80 Å². The van der Waals surface area contributed by atoms with Crippen LogP contribution in [0.25, 0.3) is 26.2 Å². The molecule has 0 amide bonds. The zero-order valence-corrected chi connectivity index (χ0v) is 31.3. The van der Waals surface area contributed by atoms with Gasteiger partial charge in [0.25, 0.3) is 0 Å². The minimum atomic E-state index is -0.328. The van der Waals surface area contributed by atoms with Gasteiger partial charge in [0.2, 0.25) is 0 Å². The zero-order valence-electron chi connectivity index (χ0n) is 31.3. The van der Waals surface area contributed by atoms with E-state index in [1.165, 1.54) is 19.6 Å². The van der Waals surface area contributed by atoms with Gasteiger partial charge >= 0.3 is 5.82 Å². The number of morpholine rings is 1. The minimum absolute atomic E-state index is 0.147. The Morgan fingerprint density at radius 1 is 0.906 bits per heavy atom. The topological polar surface area (TPSA) is 94.3 Å². The summed E-state index contributed by atoms with van der Waals surface area (Å²) in [6.45, 7) is 29.7. The minimum Gasteiger partial charge on any atom is -0.814 e. The molecule has 1 saturated heterocycles. The lowest BCUT2D eigenvalue weighted by molar-refractivity contribution is 0.0547. The van der Waals surface area contributed by atoms with Gasteiger partial charge in [0.1, 0.15) is 13.1 Å². The van der Waals surface area contributed by atoms with Gasteiger partial charge in [-0.2, -0.15) is 20.2 Å². The van der Waals surface area contributed by atoms with Crippen molar-refractivity contribution in [3.63, 3.8) is 0 Å². The predicted molar refractivity (Wildman–Crippen MR) is 216 cm³/mol. The van der Waals surface area contributed by atoms with Crippen molar-refractivity contribution < 1.29 is 4.74 Å². The number of rotatable bonds is 13. The van der Waals surface area contributed by atoms with Gasteiger partial charge in [-0.3, -0.25) is 0 Å². The molecule has 1 heterocycles. The fourth-order valence-corrected chi connectivity index (χ4v) is 6.29. The fourth-order valence-electron chi connectivity index (χ4n) is 6.29. The smallest absolute Gasteiger partial charge is 0.528 e. The lowest BCUT2D eigenvalue weighted by Crippen LogP contribution is -2.36. The third kappa shape index (κ3) is 11.8. The molecule has 8 nitrogen and oxygen atoms in total. The Morgan fingerprint density at radius 2 is 1.51 bits per heavy atom.